The molecule has 3 amide bonds. The van der Waals surface area contributed by atoms with Gasteiger partial charge in [0.1, 0.15) is 6.04 Å². The first kappa shape index (κ1) is 32.8. The van der Waals surface area contributed by atoms with Crippen molar-refractivity contribution in [2.45, 2.75) is 53.6 Å². The fourth-order valence-electron chi connectivity index (χ4n) is 7.34. The zero-order valence-corrected chi connectivity index (χ0v) is 28.2. The molecule has 5 rings (SSSR count). The van der Waals surface area contributed by atoms with Crippen molar-refractivity contribution in [3.05, 3.63) is 84.9 Å². The number of amides is 3. The summed E-state index contributed by atoms with van der Waals surface area (Å²) in [5, 5.41) is 10.9. The Hall–Kier alpha value is -2.59. The van der Waals surface area contributed by atoms with E-state index in [2.05, 4.69) is 29.1 Å². The molecular formula is C34H39BrClN3O4S. The maximum atomic E-state index is 14.9. The van der Waals surface area contributed by atoms with E-state index in [1.807, 2.05) is 50.2 Å². The van der Waals surface area contributed by atoms with Gasteiger partial charge in [-0.2, -0.15) is 0 Å². The number of hydrogen-bond donors (Lipinski definition) is 1. The molecule has 3 aliphatic rings. The van der Waals surface area contributed by atoms with E-state index in [1.165, 1.54) is 0 Å². The smallest absolute Gasteiger partial charge is 0.251 e. The Morgan fingerprint density at radius 3 is 2.34 bits per heavy atom. The number of alkyl halides is 1. The van der Waals surface area contributed by atoms with Gasteiger partial charge < -0.3 is 19.8 Å². The highest BCUT2D eigenvalue weighted by Gasteiger charge is 2.76. The summed E-state index contributed by atoms with van der Waals surface area (Å²) >= 11 is 12.0. The molecule has 3 saturated heterocycles. The quantitative estimate of drug-likeness (QED) is 0.219. The number of anilines is 2. The number of thioether (sulfide) groups is 1. The first-order valence-electron chi connectivity index (χ1n) is 15.0. The van der Waals surface area contributed by atoms with Crippen LogP contribution in [0, 0.1) is 17.8 Å². The van der Waals surface area contributed by atoms with Crippen LogP contribution in [0.25, 0.3) is 0 Å². The summed E-state index contributed by atoms with van der Waals surface area (Å²) in [4.78, 5) is 49.0. The second-order valence-corrected chi connectivity index (χ2v) is 15.3. The minimum atomic E-state index is -0.912. The molecule has 234 valence electrons. The van der Waals surface area contributed by atoms with Crippen molar-refractivity contribution in [1.82, 2.24) is 4.90 Å². The number of halogens is 2. The van der Waals surface area contributed by atoms with Gasteiger partial charge in [0.25, 0.3) is 5.91 Å². The number of nitrogens with zero attached hydrogens (tertiary/aromatic N) is 3. The molecule has 2 aromatic carbocycles. The van der Waals surface area contributed by atoms with E-state index in [1.54, 1.807) is 56.8 Å². The molecule has 10 heteroatoms. The summed E-state index contributed by atoms with van der Waals surface area (Å²) in [5.41, 5.74) is 1.25. The molecular weight excluding hydrogens is 662 g/mol. The minimum Gasteiger partial charge on any atom is -0.394 e. The molecule has 0 aromatic heterocycles. The third-order valence-corrected chi connectivity index (χ3v) is 12.5. The Morgan fingerprint density at radius 1 is 1.09 bits per heavy atom. The minimum absolute atomic E-state index is 0.0899. The number of aliphatic hydroxyl groups excluding tert-OH is 1. The lowest BCUT2D eigenvalue weighted by atomic mass is 9.70. The van der Waals surface area contributed by atoms with Crippen LogP contribution < -0.4 is 9.80 Å². The first-order valence-corrected chi connectivity index (χ1v) is 17.2. The van der Waals surface area contributed by atoms with Crippen LogP contribution in [-0.2, 0) is 14.4 Å². The summed E-state index contributed by atoms with van der Waals surface area (Å²) < 4.78 is -0.880. The van der Waals surface area contributed by atoms with Crippen molar-refractivity contribution in [2.75, 3.05) is 29.5 Å². The summed E-state index contributed by atoms with van der Waals surface area (Å²) in [6.45, 7) is 12.0. The molecule has 3 aliphatic heterocycles. The molecule has 1 N–H and O–H groups in total. The van der Waals surface area contributed by atoms with Crippen LogP contribution in [0.5, 0.6) is 0 Å². The van der Waals surface area contributed by atoms with Gasteiger partial charge in [0, 0.05) is 28.9 Å². The predicted molar refractivity (Wildman–Crippen MR) is 182 cm³/mol. The SMILES string of the molecule is C=CCN(C(=O)[C@H]1[C@H]2C(=O)N([C@@H](CO)CC(C)C)C(C(=O)N(CC=C)c3ccccc3Cl)C23CC(Br)[C@@H]1S3)c1ccccc1. The van der Waals surface area contributed by atoms with Gasteiger partial charge in [-0.15, -0.1) is 24.9 Å². The number of carbonyl (C=O) groups excluding carboxylic acids is 3. The summed E-state index contributed by atoms with van der Waals surface area (Å²) in [7, 11) is 0. The maximum absolute atomic E-state index is 14.9. The average molecular weight is 701 g/mol. The number of hydrogen-bond acceptors (Lipinski definition) is 5. The van der Waals surface area contributed by atoms with E-state index in [4.69, 9.17) is 11.6 Å². The standard InChI is InChI=1S/C34H39BrClN3O4S/c1-5-16-37(22-12-8-7-9-13-22)31(41)27-28-32(42)39(23(20-40)18-21(3)4)30(34(28)19-24(35)29(27)44-34)33(43)38(17-6-2)26-15-11-10-14-25(26)36/h5-15,21,23-24,27-30,40H,1-2,16-20H2,3-4H3/t23-,24?,27+,28+,29+,30?,34?/m1/s1. The first-order chi connectivity index (χ1) is 21.1. The fourth-order valence-corrected chi connectivity index (χ4v) is 11.2. The second kappa shape index (κ2) is 13.4. The van der Waals surface area contributed by atoms with Gasteiger partial charge in [0.2, 0.25) is 11.8 Å². The number of likely N-dealkylation sites (tertiary alicyclic amines) is 1. The van der Waals surface area contributed by atoms with Gasteiger partial charge in [-0.1, -0.05) is 83.9 Å². The van der Waals surface area contributed by atoms with Crippen LogP contribution in [0.1, 0.15) is 26.7 Å². The lowest BCUT2D eigenvalue weighted by Crippen LogP contribution is -2.58. The molecule has 3 fully saturated rings. The number of para-hydroxylation sites is 2. The zero-order chi connectivity index (χ0) is 31.8. The van der Waals surface area contributed by atoms with E-state index in [0.717, 1.165) is 5.69 Å². The molecule has 1 spiro atoms. The predicted octanol–water partition coefficient (Wildman–Crippen LogP) is 5.95. The molecule has 44 heavy (non-hydrogen) atoms. The lowest BCUT2D eigenvalue weighted by Gasteiger charge is -2.40. The van der Waals surface area contributed by atoms with Crippen molar-refractivity contribution in [3.63, 3.8) is 0 Å². The molecule has 0 aliphatic carbocycles. The second-order valence-electron chi connectivity index (χ2n) is 12.1. The van der Waals surface area contributed by atoms with Crippen molar-refractivity contribution >= 4 is 68.4 Å². The maximum Gasteiger partial charge on any atom is 0.251 e. The summed E-state index contributed by atoms with van der Waals surface area (Å²) in [6, 6.07) is 15.0. The normalized spacial score (nSPS) is 27.7. The Balaban J connectivity index is 1.64. The van der Waals surface area contributed by atoms with Crippen molar-refractivity contribution in [1.29, 1.82) is 0 Å². The third-order valence-electron chi connectivity index (χ3n) is 8.96. The van der Waals surface area contributed by atoms with Crippen LogP contribution in [0.4, 0.5) is 11.4 Å². The van der Waals surface area contributed by atoms with Crippen molar-refractivity contribution in [2.24, 2.45) is 17.8 Å². The largest absolute Gasteiger partial charge is 0.394 e. The van der Waals surface area contributed by atoms with E-state index in [-0.39, 0.29) is 53.4 Å². The lowest BCUT2D eigenvalue weighted by molar-refractivity contribution is -0.142. The molecule has 0 saturated carbocycles. The Morgan fingerprint density at radius 2 is 1.73 bits per heavy atom. The van der Waals surface area contributed by atoms with Gasteiger partial charge >= 0.3 is 0 Å². The Kier molecular flexibility index (Phi) is 10.00. The van der Waals surface area contributed by atoms with E-state index >= 15 is 0 Å². The van der Waals surface area contributed by atoms with Crippen LogP contribution in [-0.4, -0.2) is 74.3 Å². The highest BCUT2D eigenvalue weighted by atomic mass is 79.9. The van der Waals surface area contributed by atoms with Crippen molar-refractivity contribution < 1.29 is 19.5 Å². The highest BCUT2D eigenvalue weighted by molar-refractivity contribution is 9.09. The molecule has 2 bridgehead atoms. The average Bonchev–Trinajstić information content (AvgIpc) is 3.61. The van der Waals surface area contributed by atoms with Crippen LogP contribution in [0.3, 0.4) is 0 Å². The van der Waals surface area contributed by atoms with E-state index in [0.29, 0.717) is 23.6 Å². The van der Waals surface area contributed by atoms with Crippen molar-refractivity contribution in [3.8, 4) is 0 Å². The van der Waals surface area contributed by atoms with E-state index in [9.17, 15) is 19.5 Å². The third kappa shape index (κ3) is 5.54. The number of fused-ring (bicyclic) bond motifs is 1. The number of carbonyl (C=O) groups is 3. The van der Waals surface area contributed by atoms with Gasteiger partial charge in [-0.3, -0.25) is 14.4 Å². The monoisotopic (exact) mass is 699 g/mol. The molecule has 3 unspecified atom stereocenters. The molecule has 3 heterocycles. The van der Waals surface area contributed by atoms with E-state index < -0.39 is 28.7 Å². The van der Waals surface area contributed by atoms with Gasteiger partial charge in [0.15, 0.2) is 0 Å². The Labute approximate surface area is 277 Å². The fraction of sp³-hybridized carbons (Fsp3) is 0.441. The molecule has 7 atom stereocenters. The summed E-state index contributed by atoms with van der Waals surface area (Å²) in [5.74, 6) is -1.94. The molecule has 2 aromatic rings. The van der Waals surface area contributed by atoms with Gasteiger partial charge in [0.05, 0.1) is 39.9 Å². The van der Waals surface area contributed by atoms with Gasteiger partial charge in [-0.25, -0.2) is 0 Å². The number of rotatable bonds is 12. The number of benzene rings is 2. The number of aliphatic hydroxyl groups is 1. The highest BCUT2D eigenvalue weighted by Crippen LogP contribution is 2.68. The van der Waals surface area contributed by atoms with Crippen LogP contribution in [0.15, 0.2) is 79.9 Å². The van der Waals surface area contributed by atoms with Crippen LogP contribution >= 0.6 is 39.3 Å². The zero-order valence-electron chi connectivity index (χ0n) is 25.0. The molecule has 0 radical (unpaired) electrons. The van der Waals surface area contributed by atoms with Crippen LogP contribution in [0.2, 0.25) is 5.02 Å². The summed E-state index contributed by atoms with van der Waals surface area (Å²) in [6.07, 6.45) is 4.37. The molecule has 7 nitrogen and oxygen atoms in total. The Bertz CT molecular complexity index is 1430. The topological polar surface area (TPSA) is 81.2 Å². The van der Waals surface area contributed by atoms with Gasteiger partial charge in [-0.05, 0) is 43.0 Å².